The summed E-state index contributed by atoms with van der Waals surface area (Å²) in [4.78, 5) is 11.9. The standard InChI is InChI=1S/C27H24O5/c1-18(2)27(29)32-22(16-28)17-30-26-23-13-7-6-9-19(23)15-20-10-8-14-24(25(20)26)31-21-11-4-3-5-12-21/h3-15,22,28H,1,16-17H2,2H3. The van der Waals surface area contributed by atoms with Crippen molar-refractivity contribution in [2.45, 2.75) is 13.0 Å². The molecule has 1 atom stereocenters. The molecule has 0 heterocycles. The molecular formula is C27H24O5. The molecule has 0 bridgehead atoms. The van der Waals surface area contributed by atoms with Crippen LogP contribution >= 0.6 is 0 Å². The van der Waals surface area contributed by atoms with Gasteiger partial charge in [-0.3, -0.25) is 0 Å². The summed E-state index contributed by atoms with van der Waals surface area (Å²) < 4.78 is 17.7. The van der Waals surface area contributed by atoms with Crippen LogP contribution in [0.25, 0.3) is 21.5 Å². The van der Waals surface area contributed by atoms with Crippen LogP contribution in [0, 0.1) is 0 Å². The third-order valence-corrected chi connectivity index (χ3v) is 5.01. The molecule has 5 heteroatoms. The van der Waals surface area contributed by atoms with E-state index in [0.29, 0.717) is 17.2 Å². The van der Waals surface area contributed by atoms with Crippen LogP contribution in [0.3, 0.4) is 0 Å². The lowest BCUT2D eigenvalue weighted by Gasteiger charge is -2.20. The minimum absolute atomic E-state index is 0.0156. The lowest BCUT2D eigenvalue weighted by atomic mass is 10.0. The highest BCUT2D eigenvalue weighted by atomic mass is 16.6. The molecule has 162 valence electrons. The van der Waals surface area contributed by atoms with Crippen molar-refractivity contribution in [1.82, 2.24) is 0 Å². The van der Waals surface area contributed by atoms with Crippen molar-refractivity contribution in [2.75, 3.05) is 13.2 Å². The summed E-state index contributed by atoms with van der Waals surface area (Å²) in [5.74, 6) is 1.40. The predicted octanol–water partition coefficient (Wildman–Crippen LogP) is 5.64. The monoisotopic (exact) mass is 428 g/mol. The van der Waals surface area contributed by atoms with Crippen molar-refractivity contribution >= 4 is 27.5 Å². The number of carbonyl (C=O) groups is 1. The highest BCUT2D eigenvalue weighted by Crippen LogP contribution is 2.41. The molecular weight excluding hydrogens is 404 g/mol. The molecule has 4 rings (SSSR count). The van der Waals surface area contributed by atoms with E-state index in [-0.39, 0.29) is 18.8 Å². The summed E-state index contributed by atoms with van der Waals surface area (Å²) in [7, 11) is 0. The number of carbonyl (C=O) groups excluding carboxylic acids is 1. The number of esters is 1. The quantitative estimate of drug-likeness (QED) is 0.223. The maximum absolute atomic E-state index is 11.9. The Morgan fingerprint density at radius 3 is 2.44 bits per heavy atom. The highest BCUT2D eigenvalue weighted by Gasteiger charge is 2.19. The fourth-order valence-corrected chi connectivity index (χ4v) is 3.45. The number of rotatable bonds is 8. The maximum atomic E-state index is 11.9. The zero-order valence-corrected chi connectivity index (χ0v) is 17.8. The van der Waals surface area contributed by atoms with Crippen LogP contribution in [0.4, 0.5) is 0 Å². The molecule has 4 aromatic rings. The minimum atomic E-state index is -0.824. The van der Waals surface area contributed by atoms with Crippen LogP contribution in [0.1, 0.15) is 6.92 Å². The molecule has 32 heavy (non-hydrogen) atoms. The molecule has 1 unspecified atom stereocenters. The van der Waals surface area contributed by atoms with Crippen molar-refractivity contribution in [3.8, 4) is 17.2 Å². The number of aliphatic hydroxyl groups is 1. The van der Waals surface area contributed by atoms with Crippen LogP contribution in [0.15, 0.2) is 91.0 Å². The normalized spacial score (nSPS) is 11.8. The van der Waals surface area contributed by atoms with E-state index in [1.54, 1.807) is 6.92 Å². The lowest BCUT2D eigenvalue weighted by Crippen LogP contribution is -2.28. The molecule has 0 fully saturated rings. The van der Waals surface area contributed by atoms with Gasteiger partial charge in [-0.1, -0.05) is 61.2 Å². The number of hydrogen-bond donors (Lipinski definition) is 1. The second kappa shape index (κ2) is 9.54. The minimum Gasteiger partial charge on any atom is -0.488 e. The van der Waals surface area contributed by atoms with Gasteiger partial charge in [0.15, 0.2) is 6.10 Å². The fourth-order valence-electron chi connectivity index (χ4n) is 3.45. The Balaban J connectivity index is 1.77. The van der Waals surface area contributed by atoms with E-state index in [0.717, 1.165) is 21.5 Å². The first kappa shape index (κ1) is 21.4. The number of hydrogen-bond acceptors (Lipinski definition) is 5. The zero-order chi connectivity index (χ0) is 22.5. The molecule has 0 aliphatic heterocycles. The summed E-state index contributed by atoms with van der Waals surface area (Å²) in [6.45, 7) is 4.76. The van der Waals surface area contributed by atoms with Crippen molar-refractivity contribution in [3.05, 3.63) is 91.0 Å². The number of aliphatic hydroxyl groups excluding tert-OH is 1. The third-order valence-electron chi connectivity index (χ3n) is 5.01. The fraction of sp³-hybridized carbons (Fsp3) is 0.148. The van der Waals surface area contributed by atoms with Gasteiger partial charge in [0.2, 0.25) is 0 Å². The number of benzene rings is 4. The Kier molecular flexibility index (Phi) is 6.38. The van der Waals surface area contributed by atoms with Crippen LogP contribution in [-0.2, 0) is 9.53 Å². The van der Waals surface area contributed by atoms with E-state index in [1.165, 1.54) is 0 Å². The van der Waals surface area contributed by atoms with Gasteiger partial charge in [0.25, 0.3) is 0 Å². The Morgan fingerprint density at radius 1 is 0.969 bits per heavy atom. The van der Waals surface area contributed by atoms with Crippen molar-refractivity contribution in [1.29, 1.82) is 0 Å². The molecule has 4 aromatic carbocycles. The largest absolute Gasteiger partial charge is 0.488 e. The van der Waals surface area contributed by atoms with Crippen LogP contribution < -0.4 is 9.47 Å². The van der Waals surface area contributed by atoms with Crippen molar-refractivity contribution < 1.29 is 24.1 Å². The van der Waals surface area contributed by atoms with E-state index < -0.39 is 12.1 Å². The first-order valence-corrected chi connectivity index (χ1v) is 10.3. The van der Waals surface area contributed by atoms with Gasteiger partial charge >= 0.3 is 5.97 Å². The van der Waals surface area contributed by atoms with Gasteiger partial charge in [0.1, 0.15) is 23.9 Å². The second-order valence-electron chi connectivity index (χ2n) is 7.50. The first-order chi connectivity index (χ1) is 15.6. The van der Waals surface area contributed by atoms with Gasteiger partial charge in [0.05, 0.1) is 12.0 Å². The van der Waals surface area contributed by atoms with E-state index in [4.69, 9.17) is 14.2 Å². The summed E-state index contributed by atoms with van der Waals surface area (Å²) in [6, 6.07) is 25.3. The first-order valence-electron chi connectivity index (χ1n) is 10.3. The highest BCUT2D eigenvalue weighted by molar-refractivity contribution is 6.07. The van der Waals surface area contributed by atoms with Crippen molar-refractivity contribution in [2.24, 2.45) is 0 Å². The van der Waals surface area contributed by atoms with Crippen LogP contribution in [-0.4, -0.2) is 30.4 Å². The van der Waals surface area contributed by atoms with Crippen LogP contribution in [0.5, 0.6) is 17.2 Å². The third kappa shape index (κ3) is 4.58. The number of fused-ring (bicyclic) bond motifs is 2. The molecule has 0 radical (unpaired) electrons. The topological polar surface area (TPSA) is 65.0 Å². The van der Waals surface area contributed by atoms with Gasteiger partial charge < -0.3 is 19.3 Å². The van der Waals surface area contributed by atoms with Gasteiger partial charge in [-0.05, 0) is 42.0 Å². The summed E-state index contributed by atoms with van der Waals surface area (Å²) in [6.07, 6.45) is -0.824. The Bertz CT molecular complexity index is 1260. The van der Waals surface area contributed by atoms with Gasteiger partial charge in [-0.25, -0.2) is 4.79 Å². The van der Waals surface area contributed by atoms with E-state index in [1.807, 2.05) is 72.8 Å². The summed E-state index contributed by atoms with van der Waals surface area (Å²) >= 11 is 0. The lowest BCUT2D eigenvalue weighted by molar-refractivity contribution is -0.147. The number of ether oxygens (including phenoxy) is 3. The number of para-hydroxylation sites is 1. The van der Waals surface area contributed by atoms with Gasteiger partial charge in [-0.15, -0.1) is 0 Å². The molecule has 5 nitrogen and oxygen atoms in total. The molecule has 0 saturated heterocycles. The smallest absolute Gasteiger partial charge is 0.333 e. The summed E-state index contributed by atoms with van der Waals surface area (Å²) in [5, 5.41) is 13.4. The molecule has 0 amide bonds. The van der Waals surface area contributed by atoms with Gasteiger partial charge in [-0.2, -0.15) is 0 Å². The van der Waals surface area contributed by atoms with E-state index >= 15 is 0 Å². The average Bonchev–Trinajstić information content (AvgIpc) is 2.81. The predicted molar refractivity (Wildman–Crippen MR) is 125 cm³/mol. The molecule has 1 N–H and O–H groups in total. The SMILES string of the molecule is C=C(C)C(=O)OC(CO)COc1c2ccccc2cc2cccc(Oc3ccccc3)c12. The average molecular weight is 428 g/mol. The van der Waals surface area contributed by atoms with Crippen LogP contribution in [0.2, 0.25) is 0 Å². The molecule has 0 spiro atoms. The van der Waals surface area contributed by atoms with E-state index in [9.17, 15) is 9.90 Å². The molecule has 0 aliphatic rings. The Hall–Kier alpha value is -3.83. The molecule has 0 saturated carbocycles. The second-order valence-corrected chi connectivity index (χ2v) is 7.50. The molecule has 0 aromatic heterocycles. The van der Waals surface area contributed by atoms with Crippen molar-refractivity contribution in [3.63, 3.8) is 0 Å². The Morgan fingerprint density at radius 2 is 1.69 bits per heavy atom. The zero-order valence-electron chi connectivity index (χ0n) is 17.8. The summed E-state index contributed by atoms with van der Waals surface area (Å²) in [5.41, 5.74) is 0.262. The Labute approximate surface area is 186 Å². The molecule has 0 aliphatic carbocycles. The van der Waals surface area contributed by atoms with Gasteiger partial charge in [0, 0.05) is 11.0 Å². The van der Waals surface area contributed by atoms with E-state index in [2.05, 4.69) is 12.6 Å². The maximum Gasteiger partial charge on any atom is 0.333 e.